The van der Waals surface area contributed by atoms with E-state index in [0.29, 0.717) is 23.7 Å². The van der Waals surface area contributed by atoms with Crippen LogP contribution in [0.3, 0.4) is 0 Å². The van der Waals surface area contributed by atoms with Crippen LogP contribution in [0.4, 0.5) is 0 Å². The Morgan fingerprint density at radius 2 is 1.78 bits per heavy atom. The summed E-state index contributed by atoms with van der Waals surface area (Å²) < 4.78 is 10.6. The summed E-state index contributed by atoms with van der Waals surface area (Å²) in [6, 6.07) is 13.7. The Hall–Kier alpha value is -2.67. The quantitative estimate of drug-likeness (QED) is 0.606. The molecule has 0 saturated carbocycles. The van der Waals surface area contributed by atoms with E-state index in [1.807, 2.05) is 42.5 Å². The Morgan fingerprint density at radius 1 is 1.04 bits per heavy atom. The minimum absolute atomic E-state index is 0.190. The van der Waals surface area contributed by atoms with Crippen LogP contribution in [0.15, 0.2) is 48.5 Å². The standard InChI is InChI=1S/C20H21NO5S/c22-19(21-16(20(23)24)9-13-4-2-1-3-5-13)15(11-27)8-14-6-7-17-18(10-14)26-12-25-17/h1-7,10,15-16,27H,8-9,11-12H2,(H,21,22)(H,23,24)/t15?,16-/m0/s1. The van der Waals surface area contributed by atoms with Crippen molar-refractivity contribution in [2.24, 2.45) is 5.92 Å². The molecule has 1 unspecified atom stereocenters. The van der Waals surface area contributed by atoms with Crippen molar-refractivity contribution in [3.8, 4) is 11.5 Å². The minimum atomic E-state index is -1.06. The predicted molar refractivity (Wildman–Crippen MR) is 103 cm³/mol. The van der Waals surface area contributed by atoms with Gasteiger partial charge < -0.3 is 19.9 Å². The molecule has 0 bridgehead atoms. The number of amides is 1. The van der Waals surface area contributed by atoms with Gasteiger partial charge in [0.1, 0.15) is 6.04 Å². The lowest BCUT2D eigenvalue weighted by molar-refractivity contribution is -0.142. The van der Waals surface area contributed by atoms with Crippen molar-refractivity contribution in [3.63, 3.8) is 0 Å². The molecule has 0 aromatic heterocycles. The van der Waals surface area contributed by atoms with Crippen LogP contribution in [0.5, 0.6) is 11.5 Å². The third-order valence-corrected chi connectivity index (χ3v) is 4.85. The third kappa shape index (κ3) is 4.95. The van der Waals surface area contributed by atoms with E-state index in [1.54, 1.807) is 6.07 Å². The second kappa shape index (κ2) is 8.81. The lowest BCUT2D eigenvalue weighted by atomic mass is 9.98. The normalized spacial score (nSPS) is 14.4. The van der Waals surface area contributed by atoms with Gasteiger partial charge in [-0.3, -0.25) is 4.79 Å². The zero-order valence-corrected chi connectivity index (χ0v) is 15.5. The molecule has 0 fully saturated rings. The van der Waals surface area contributed by atoms with E-state index < -0.39 is 17.9 Å². The van der Waals surface area contributed by atoms with Gasteiger partial charge in [0.15, 0.2) is 11.5 Å². The largest absolute Gasteiger partial charge is 0.480 e. The molecule has 2 aromatic rings. The zero-order valence-electron chi connectivity index (χ0n) is 14.6. The van der Waals surface area contributed by atoms with Crippen LogP contribution in [0.1, 0.15) is 11.1 Å². The molecule has 0 aliphatic carbocycles. The highest BCUT2D eigenvalue weighted by Crippen LogP contribution is 2.33. The molecule has 2 N–H and O–H groups in total. The van der Waals surface area contributed by atoms with Gasteiger partial charge in [0.05, 0.1) is 5.92 Å². The van der Waals surface area contributed by atoms with Gasteiger partial charge in [-0.05, 0) is 29.7 Å². The summed E-state index contributed by atoms with van der Waals surface area (Å²) in [5.74, 6) is -0.207. The number of thiol groups is 1. The molecule has 2 aromatic carbocycles. The highest BCUT2D eigenvalue weighted by atomic mass is 32.1. The van der Waals surface area contributed by atoms with Gasteiger partial charge in [-0.1, -0.05) is 36.4 Å². The summed E-state index contributed by atoms with van der Waals surface area (Å²) in [6.07, 6.45) is 0.662. The molecule has 1 aliphatic rings. The first-order valence-electron chi connectivity index (χ1n) is 8.63. The monoisotopic (exact) mass is 387 g/mol. The first kappa shape index (κ1) is 19.1. The number of nitrogens with one attached hydrogen (secondary N) is 1. The van der Waals surface area contributed by atoms with Crippen LogP contribution in [0.2, 0.25) is 0 Å². The number of carbonyl (C=O) groups excluding carboxylic acids is 1. The van der Waals surface area contributed by atoms with Crippen LogP contribution in [-0.4, -0.2) is 35.6 Å². The van der Waals surface area contributed by atoms with E-state index in [2.05, 4.69) is 17.9 Å². The Balaban J connectivity index is 1.65. The minimum Gasteiger partial charge on any atom is -0.480 e. The zero-order chi connectivity index (χ0) is 19.2. The van der Waals surface area contributed by atoms with Gasteiger partial charge in [0, 0.05) is 12.2 Å². The summed E-state index contributed by atoms with van der Waals surface area (Å²) in [6.45, 7) is 0.190. The summed E-state index contributed by atoms with van der Waals surface area (Å²) in [7, 11) is 0. The van der Waals surface area contributed by atoms with Crippen LogP contribution < -0.4 is 14.8 Å². The van der Waals surface area contributed by atoms with E-state index >= 15 is 0 Å². The van der Waals surface area contributed by atoms with E-state index in [9.17, 15) is 14.7 Å². The number of carboxylic acid groups (broad SMARTS) is 1. The average molecular weight is 387 g/mol. The van der Waals surface area contributed by atoms with Crippen molar-refractivity contribution < 1.29 is 24.2 Å². The molecule has 27 heavy (non-hydrogen) atoms. The number of aliphatic carboxylic acids is 1. The van der Waals surface area contributed by atoms with Gasteiger partial charge in [-0.15, -0.1) is 0 Å². The van der Waals surface area contributed by atoms with Crippen molar-refractivity contribution in [2.75, 3.05) is 12.5 Å². The summed E-state index contributed by atoms with van der Waals surface area (Å²) >= 11 is 4.28. The van der Waals surface area contributed by atoms with Crippen molar-refractivity contribution in [3.05, 3.63) is 59.7 Å². The molecule has 142 valence electrons. The Morgan fingerprint density at radius 3 is 2.48 bits per heavy atom. The highest BCUT2D eigenvalue weighted by molar-refractivity contribution is 7.80. The smallest absolute Gasteiger partial charge is 0.326 e. The maximum atomic E-state index is 12.6. The molecule has 0 radical (unpaired) electrons. The second-order valence-corrected chi connectivity index (χ2v) is 6.73. The fraction of sp³-hybridized carbons (Fsp3) is 0.300. The van der Waals surface area contributed by atoms with Gasteiger partial charge in [-0.2, -0.15) is 12.6 Å². The lowest BCUT2D eigenvalue weighted by Crippen LogP contribution is -2.45. The Kier molecular flexibility index (Phi) is 6.24. The van der Waals surface area contributed by atoms with Crippen molar-refractivity contribution in [1.82, 2.24) is 5.32 Å². The first-order valence-corrected chi connectivity index (χ1v) is 9.26. The number of carboxylic acids is 1. The molecule has 6 nitrogen and oxygen atoms in total. The number of hydrogen-bond acceptors (Lipinski definition) is 5. The maximum Gasteiger partial charge on any atom is 0.326 e. The summed E-state index contributed by atoms with van der Waals surface area (Å²) in [5, 5.41) is 12.1. The van der Waals surface area contributed by atoms with Gasteiger partial charge >= 0.3 is 5.97 Å². The van der Waals surface area contributed by atoms with Crippen LogP contribution >= 0.6 is 12.6 Å². The first-order chi connectivity index (χ1) is 13.1. The summed E-state index contributed by atoms with van der Waals surface area (Å²) in [5.41, 5.74) is 1.76. The lowest BCUT2D eigenvalue weighted by Gasteiger charge is -2.19. The molecule has 1 amide bonds. The fourth-order valence-corrected chi connectivity index (χ4v) is 3.23. The number of fused-ring (bicyclic) bond motifs is 1. The maximum absolute atomic E-state index is 12.6. The van der Waals surface area contributed by atoms with Crippen molar-refractivity contribution in [2.45, 2.75) is 18.9 Å². The van der Waals surface area contributed by atoms with Gasteiger partial charge in [-0.25, -0.2) is 4.79 Å². The molecular formula is C20H21NO5S. The molecule has 0 spiro atoms. The molecule has 1 aliphatic heterocycles. The fourth-order valence-electron chi connectivity index (χ4n) is 2.93. The molecule has 3 rings (SSSR count). The molecule has 2 atom stereocenters. The Bertz CT molecular complexity index is 811. The topological polar surface area (TPSA) is 84.9 Å². The van der Waals surface area contributed by atoms with E-state index in [0.717, 1.165) is 11.1 Å². The molecule has 1 heterocycles. The average Bonchev–Trinajstić information content (AvgIpc) is 3.14. The molecule has 0 saturated heterocycles. The van der Waals surface area contributed by atoms with E-state index in [-0.39, 0.29) is 19.1 Å². The number of carbonyl (C=O) groups is 2. The number of rotatable bonds is 8. The van der Waals surface area contributed by atoms with Gasteiger partial charge in [0.25, 0.3) is 0 Å². The third-order valence-electron chi connectivity index (χ3n) is 4.41. The van der Waals surface area contributed by atoms with Crippen molar-refractivity contribution >= 4 is 24.5 Å². The van der Waals surface area contributed by atoms with E-state index in [1.165, 1.54) is 0 Å². The number of benzene rings is 2. The highest BCUT2D eigenvalue weighted by Gasteiger charge is 2.25. The number of hydrogen-bond donors (Lipinski definition) is 3. The van der Waals surface area contributed by atoms with E-state index in [4.69, 9.17) is 9.47 Å². The van der Waals surface area contributed by atoms with Crippen LogP contribution in [-0.2, 0) is 22.4 Å². The van der Waals surface area contributed by atoms with Crippen LogP contribution in [0.25, 0.3) is 0 Å². The summed E-state index contributed by atoms with van der Waals surface area (Å²) in [4.78, 5) is 24.2. The van der Waals surface area contributed by atoms with Gasteiger partial charge in [0.2, 0.25) is 12.7 Å². The second-order valence-electron chi connectivity index (χ2n) is 6.36. The molecule has 7 heteroatoms. The van der Waals surface area contributed by atoms with Crippen LogP contribution in [0, 0.1) is 5.92 Å². The molecular weight excluding hydrogens is 366 g/mol. The number of ether oxygens (including phenoxy) is 2. The Labute approximate surface area is 162 Å². The SMILES string of the molecule is O=C(N[C@@H](Cc1ccccc1)C(=O)O)C(CS)Cc1ccc2c(c1)OCO2. The predicted octanol–water partition coefficient (Wildman–Crippen LogP) is 2.32. The van der Waals surface area contributed by atoms with Crippen molar-refractivity contribution in [1.29, 1.82) is 0 Å².